The molecule has 1 amide bonds. The zero-order valence-electron chi connectivity index (χ0n) is 13.5. The van der Waals surface area contributed by atoms with Gasteiger partial charge >= 0.3 is 0 Å². The Kier molecular flexibility index (Phi) is 4.91. The Balaban J connectivity index is 1.66. The summed E-state index contributed by atoms with van der Waals surface area (Å²) in [5.74, 6) is 0.649. The number of nitrogens with one attached hydrogen (secondary N) is 1. The smallest absolute Gasteiger partial charge is 0.228 e. The number of methoxy groups -OCH3 is 1. The van der Waals surface area contributed by atoms with Gasteiger partial charge in [0, 0.05) is 23.6 Å². The standard InChI is InChI=1S/C19H19N3O2/c1-24-18-9-3-2-7-16(18)13-19(23)21-17-8-4-6-15(12-17)14-22-11-5-10-20-22/h2-12H,13-14H2,1H3,(H,21,23). The fourth-order valence-corrected chi connectivity index (χ4v) is 2.56. The van der Waals surface area contributed by atoms with Gasteiger partial charge in [-0.3, -0.25) is 9.48 Å². The van der Waals surface area contributed by atoms with Crippen LogP contribution in [-0.2, 0) is 17.8 Å². The van der Waals surface area contributed by atoms with Gasteiger partial charge in [0.15, 0.2) is 0 Å². The minimum absolute atomic E-state index is 0.0734. The Morgan fingerprint density at radius 1 is 1.17 bits per heavy atom. The number of ether oxygens (including phenoxy) is 1. The van der Waals surface area contributed by atoms with Crippen molar-refractivity contribution in [3.8, 4) is 5.75 Å². The quantitative estimate of drug-likeness (QED) is 0.759. The Bertz CT molecular complexity index is 813. The molecule has 0 fully saturated rings. The summed E-state index contributed by atoms with van der Waals surface area (Å²) in [6.07, 6.45) is 3.93. The van der Waals surface area contributed by atoms with Crippen molar-refractivity contribution in [2.75, 3.05) is 12.4 Å². The molecule has 5 nitrogen and oxygen atoms in total. The first kappa shape index (κ1) is 15.8. The highest BCUT2D eigenvalue weighted by molar-refractivity contribution is 5.92. The van der Waals surface area contributed by atoms with E-state index in [2.05, 4.69) is 10.4 Å². The maximum atomic E-state index is 12.3. The van der Waals surface area contributed by atoms with Gasteiger partial charge in [0.25, 0.3) is 0 Å². The summed E-state index contributed by atoms with van der Waals surface area (Å²) in [6.45, 7) is 0.670. The van der Waals surface area contributed by atoms with Crippen molar-refractivity contribution in [1.29, 1.82) is 0 Å². The second kappa shape index (κ2) is 7.46. The zero-order chi connectivity index (χ0) is 16.8. The van der Waals surface area contributed by atoms with Crippen LogP contribution in [0.15, 0.2) is 67.0 Å². The van der Waals surface area contributed by atoms with Gasteiger partial charge in [-0.1, -0.05) is 30.3 Å². The number of hydrogen-bond donors (Lipinski definition) is 1. The van der Waals surface area contributed by atoms with Crippen LogP contribution in [0.2, 0.25) is 0 Å². The number of rotatable bonds is 6. The van der Waals surface area contributed by atoms with Crippen LogP contribution in [0.1, 0.15) is 11.1 Å². The molecule has 0 saturated heterocycles. The van der Waals surface area contributed by atoms with Crippen molar-refractivity contribution in [2.45, 2.75) is 13.0 Å². The van der Waals surface area contributed by atoms with Gasteiger partial charge in [0.2, 0.25) is 5.91 Å². The number of para-hydroxylation sites is 1. The number of hydrogen-bond acceptors (Lipinski definition) is 3. The van der Waals surface area contributed by atoms with Crippen LogP contribution in [0.4, 0.5) is 5.69 Å². The number of carbonyl (C=O) groups excluding carboxylic acids is 1. The molecule has 1 aromatic heterocycles. The Labute approximate surface area is 140 Å². The summed E-state index contributed by atoms with van der Waals surface area (Å²) < 4.78 is 7.13. The first-order chi connectivity index (χ1) is 11.7. The highest BCUT2D eigenvalue weighted by atomic mass is 16.5. The van der Waals surface area contributed by atoms with E-state index < -0.39 is 0 Å². The molecule has 3 aromatic rings. The molecule has 0 spiro atoms. The molecule has 0 unspecified atom stereocenters. The molecule has 5 heteroatoms. The second-order valence-electron chi connectivity index (χ2n) is 5.44. The number of nitrogens with zero attached hydrogens (tertiary/aromatic N) is 2. The van der Waals surface area contributed by atoms with Crippen molar-refractivity contribution in [1.82, 2.24) is 9.78 Å². The monoisotopic (exact) mass is 321 g/mol. The van der Waals surface area contributed by atoms with Gasteiger partial charge < -0.3 is 10.1 Å². The summed E-state index contributed by atoms with van der Waals surface area (Å²) in [7, 11) is 1.61. The molecule has 0 atom stereocenters. The summed E-state index contributed by atoms with van der Waals surface area (Å²) in [5, 5.41) is 7.13. The van der Waals surface area contributed by atoms with Gasteiger partial charge in [0.1, 0.15) is 5.75 Å². The first-order valence-corrected chi connectivity index (χ1v) is 7.73. The van der Waals surface area contributed by atoms with E-state index in [1.807, 2.05) is 65.5 Å². The molecule has 122 valence electrons. The van der Waals surface area contributed by atoms with Crippen molar-refractivity contribution >= 4 is 11.6 Å². The molecule has 1 N–H and O–H groups in total. The topological polar surface area (TPSA) is 56.1 Å². The van der Waals surface area contributed by atoms with Crippen LogP contribution >= 0.6 is 0 Å². The van der Waals surface area contributed by atoms with Crippen molar-refractivity contribution in [3.05, 3.63) is 78.1 Å². The maximum Gasteiger partial charge on any atom is 0.228 e. The van der Waals surface area contributed by atoms with E-state index in [0.29, 0.717) is 6.54 Å². The molecule has 2 aromatic carbocycles. The summed E-state index contributed by atoms with van der Waals surface area (Å²) >= 11 is 0. The van der Waals surface area contributed by atoms with Gasteiger partial charge in [-0.15, -0.1) is 0 Å². The average Bonchev–Trinajstić information content (AvgIpc) is 3.08. The van der Waals surface area contributed by atoms with Gasteiger partial charge in [-0.05, 0) is 29.8 Å². The molecule has 24 heavy (non-hydrogen) atoms. The van der Waals surface area contributed by atoms with Crippen LogP contribution in [0.3, 0.4) is 0 Å². The van der Waals surface area contributed by atoms with Crippen molar-refractivity contribution in [3.63, 3.8) is 0 Å². The lowest BCUT2D eigenvalue weighted by atomic mass is 10.1. The molecule has 0 bridgehead atoms. The highest BCUT2D eigenvalue weighted by Crippen LogP contribution is 2.19. The average molecular weight is 321 g/mol. The van der Waals surface area contributed by atoms with Crippen molar-refractivity contribution in [2.24, 2.45) is 0 Å². The normalized spacial score (nSPS) is 10.4. The molecule has 3 rings (SSSR count). The predicted octanol–water partition coefficient (Wildman–Crippen LogP) is 3.12. The molecule has 0 aliphatic heterocycles. The third-order valence-electron chi connectivity index (χ3n) is 3.66. The number of benzene rings is 2. The molecule has 0 saturated carbocycles. The van der Waals surface area contributed by atoms with E-state index in [4.69, 9.17) is 4.74 Å². The highest BCUT2D eigenvalue weighted by Gasteiger charge is 2.09. The van der Waals surface area contributed by atoms with Crippen LogP contribution in [0.5, 0.6) is 5.75 Å². The van der Waals surface area contributed by atoms with E-state index in [1.165, 1.54) is 0 Å². The van der Waals surface area contributed by atoms with E-state index in [9.17, 15) is 4.79 Å². The van der Waals surface area contributed by atoms with Gasteiger partial charge in [0.05, 0.1) is 20.1 Å². The lowest BCUT2D eigenvalue weighted by Gasteiger charge is -2.10. The lowest BCUT2D eigenvalue weighted by Crippen LogP contribution is -2.15. The third kappa shape index (κ3) is 4.01. The fourth-order valence-electron chi connectivity index (χ4n) is 2.56. The van der Waals surface area contributed by atoms with Crippen LogP contribution in [-0.4, -0.2) is 22.8 Å². The lowest BCUT2D eigenvalue weighted by molar-refractivity contribution is -0.115. The minimum Gasteiger partial charge on any atom is -0.496 e. The number of carbonyl (C=O) groups is 1. The molecule has 0 radical (unpaired) electrons. The summed E-state index contributed by atoms with van der Waals surface area (Å²) in [6, 6.07) is 17.2. The minimum atomic E-state index is -0.0734. The van der Waals surface area contributed by atoms with E-state index in [-0.39, 0.29) is 12.3 Å². The number of aromatic nitrogens is 2. The molecule has 1 heterocycles. The van der Waals surface area contributed by atoms with E-state index >= 15 is 0 Å². The Morgan fingerprint density at radius 2 is 2.04 bits per heavy atom. The Hall–Kier alpha value is -3.08. The molecule has 0 aliphatic carbocycles. The molecule has 0 aliphatic rings. The zero-order valence-corrected chi connectivity index (χ0v) is 13.5. The molecular formula is C19H19N3O2. The van der Waals surface area contributed by atoms with Crippen LogP contribution in [0.25, 0.3) is 0 Å². The predicted molar refractivity (Wildman–Crippen MR) is 93.1 cm³/mol. The van der Waals surface area contributed by atoms with E-state index in [0.717, 1.165) is 22.6 Å². The van der Waals surface area contributed by atoms with E-state index in [1.54, 1.807) is 13.3 Å². The number of anilines is 1. The second-order valence-corrected chi connectivity index (χ2v) is 5.44. The SMILES string of the molecule is COc1ccccc1CC(=O)Nc1cccc(Cn2cccn2)c1. The summed E-state index contributed by atoms with van der Waals surface area (Å²) in [5.41, 5.74) is 2.72. The first-order valence-electron chi connectivity index (χ1n) is 7.73. The van der Waals surface area contributed by atoms with Crippen molar-refractivity contribution < 1.29 is 9.53 Å². The third-order valence-corrected chi connectivity index (χ3v) is 3.66. The largest absolute Gasteiger partial charge is 0.496 e. The fraction of sp³-hybridized carbons (Fsp3) is 0.158. The van der Waals surface area contributed by atoms with Gasteiger partial charge in [-0.25, -0.2) is 0 Å². The van der Waals surface area contributed by atoms with Crippen LogP contribution in [0, 0.1) is 0 Å². The maximum absolute atomic E-state index is 12.3. The van der Waals surface area contributed by atoms with Crippen LogP contribution < -0.4 is 10.1 Å². The van der Waals surface area contributed by atoms with Gasteiger partial charge in [-0.2, -0.15) is 5.10 Å². The molecular weight excluding hydrogens is 302 g/mol. The number of amides is 1. The summed E-state index contributed by atoms with van der Waals surface area (Å²) in [4.78, 5) is 12.3. The Morgan fingerprint density at radius 3 is 2.83 bits per heavy atom.